The zero-order chi connectivity index (χ0) is 27.6. The van der Waals surface area contributed by atoms with Gasteiger partial charge in [0.05, 0.1) is 32.2 Å². The summed E-state index contributed by atoms with van der Waals surface area (Å²) in [6.45, 7) is 6.02. The van der Waals surface area contributed by atoms with Crippen molar-refractivity contribution >= 4 is 46.8 Å². The van der Waals surface area contributed by atoms with Crippen molar-refractivity contribution in [2.24, 2.45) is 0 Å². The topological polar surface area (TPSA) is 97.4 Å². The number of nitrogens with one attached hydrogen (secondary N) is 1. The molecule has 0 aliphatic carbocycles. The van der Waals surface area contributed by atoms with E-state index in [0.717, 1.165) is 0 Å². The second-order valence-corrected chi connectivity index (χ2v) is 11.1. The summed E-state index contributed by atoms with van der Waals surface area (Å²) in [6, 6.07) is 11.5. The lowest BCUT2D eigenvalue weighted by atomic mass is 10.0. The Morgan fingerprint density at radius 1 is 1.11 bits per heavy atom. The van der Waals surface area contributed by atoms with Gasteiger partial charge >= 0.3 is 6.09 Å². The Kier molecular flexibility index (Phi) is 8.40. The van der Waals surface area contributed by atoms with Gasteiger partial charge in [-0.15, -0.1) is 0 Å². The Balaban J connectivity index is 1.53. The van der Waals surface area contributed by atoms with Crippen LogP contribution in [0.15, 0.2) is 42.5 Å². The van der Waals surface area contributed by atoms with E-state index in [1.54, 1.807) is 75.2 Å². The molecule has 0 bridgehead atoms. The number of hydrogen-bond donors (Lipinski definition) is 1. The molecule has 9 nitrogen and oxygen atoms in total. The Labute approximate surface area is 231 Å². The number of carbonyl (C=O) groups excluding carboxylic acids is 3. The molecule has 2 aromatic rings. The Morgan fingerprint density at radius 3 is 2.45 bits per heavy atom. The maximum absolute atomic E-state index is 13.6. The molecule has 38 heavy (non-hydrogen) atoms. The first-order valence-corrected chi connectivity index (χ1v) is 13.0. The molecule has 2 fully saturated rings. The fourth-order valence-electron chi connectivity index (χ4n) is 4.50. The van der Waals surface area contributed by atoms with Crippen molar-refractivity contribution in [3.05, 3.63) is 58.1 Å². The van der Waals surface area contributed by atoms with Crippen LogP contribution in [-0.2, 0) is 25.6 Å². The lowest BCUT2D eigenvalue weighted by Gasteiger charge is -2.40. The largest absolute Gasteiger partial charge is 0.497 e. The van der Waals surface area contributed by atoms with E-state index >= 15 is 0 Å². The molecule has 4 rings (SSSR count). The highest BCUT2D eigenvalue weighted by molar-refractivity contribution is 6.35. The van der Waals surface area contributed by atoms with E-state index in [1.807, 2.05) is 0 Å². The highest BCUT2D eigenvalue weighted by Crippen LogP contribution is 2.32. The van der Waals surface area contributed by atoms with Gasteiger partial charge in [-0.2, -0.15) is 0 Å². The predicted molar refractivity (Wildman–Crippen MR) is 144 cm³/mol. The van der Waals surface area contributed by atoms with Gasteiger partial charge in [0.1, 0.15) is 17.5 Å². The Bertz CT molecular complexity index is 1200. The van der Waals surface area contributed by atoms with Crippen LogP contribution >= 0.6 is 23.2 Å². The SMILES string of the molecule is COc1ccc(NC(=O)CC2OC3CN(C(=O)OC(C)(C)C)CC3N(Cc3ccc(Cl)cc3Cl)C2=O)cc1. The molecule has 2 saturated heterocycles. The third-order valence-corrected chi connectivity index (χ3v) is 6.87. The second kappa shape index (κ2) is 11.4. The fraction of sp³-hybridized carbons (Fsp3) is 0.444. The normalized spacial score (nSPS) is 21.2. The molecule has 0 radical (unpaired) electrons. The minimum atomic E-state index is -1.03. The maximum atomic E-state index is 13.6. The molecule has 0 spiro atoms. The monoisotopic (exact) mass is 563 g/mol. The zero-order valence-corrected chi connectivity index (χ0v) is 23.2. The molecule has 0 saturated carbocycles. The van der Waals surface area contributed by atoms with E-state index in [1.165, 1.54) is 4.90 Å². The lowest BCUT2D eigenvalue weighted by molar-refractivity contribution is -0.169. The number of nitrogens with zero attached hydrogens (tertiary/aromatic N) is 2. The number of methoxy groups -OCH3 is 1. The first-order valence-electron chi connectivity index (χ1n) is 12.2. The number of anilines is 1. The summed E-state index contributed by atoms with van der Waals surface area (Å²) in [5.74, 6) is -0.0706. The third-order valence-electron chi connectivity index (χ3n) is 6.29. The van der Waals surface area contributed by atoms with Crippen molar-refractivity contribution in [1.82, 2.24) is 9.80 Å². The van der Waals surface area contributed by atoms with E-state index in [0.29, 0.717) is 27.0 Å². The summed E-state index contributed by atoms with van der Waals surface area (Å²) in [6.07, 6.45) is -2.20. The van der Waals surface area contributed by atoms with Crippen molar-refractivity contribution in [2.45, 2.75) is 57.6 Å². The number of morpholine rings is 1. The van der Waals surface area contributed by atoms with Gasteiger partial charge in [-0.1, -0.05) is 29.3 Å². The van der Waals surface area contributed by atoms with Crippen LogP contribution in [0.2, 0.25) is 10.0 Å². The number of carbonyl (C=O) groups is 3. The van der Waals surface area contributed by atoms with Gasteiger partial charge in [-0.3, -0.25) is 9.59 Å². The summed E-state index contributed by atoms with van der Waals surface area (Å²) in [7, 11) is 1.56. The first-order chi connectivity index (χ1) is 17.9. The fourth-order valence-corrected chi connectivity index (χ4v) is 4.97. The average Bonchev–Trinajstić information content (AvgIpc) is 3.26. The van der Waals surface area contributed by atoms with E-state index in [9.17, 15) is 14.4 Å². The summed E-state index contributed by atoms with van der Waals surface area (Å²) in [4.78, 5) is 42.4. The van der Waals surface area contributed by atoms with Crippen molar-refractivity contribution in [3.8, 4) is 5.75 Å². The number of amides is 3. The summed E-state index contributed by atoms with van der Waals surface area (Å²) in [5, 5.41) is 3.69. The Hall–Kier alpha value is -3.01. The molecule has 204 valence electrons. The van der Waals surface area contributed by atoms with Crippen LogP contribution < -0.4 is 10.1 Å². The molecule has 2 heterocycles. The molecule has 3 atom stereocenters. The van der Waals surface area contributed by atoms with E-state index in [2.05, 4.69) is 5.32 Å². The van der Waals surface area contributed by atoms with Crippen LogP contribution in [-0.4, -0.2) is 71.8 Å². The Morgan fingerprint density at radius 2 is 1.82 bits per heavy atom. The van der Waals surface area contributed by atoms with Crippen molar-refractivity contribution < 1.29 is 28.6 Å². The number of hydrogen-bond acceptors (Lipinski definition) is 6. The predicted octanol–water partition coefficient (Wildman–Crippen LogP) is 4.75. The average molecular weight is 564 g/mol. The zero-order valence-electron chi connectivity index (χ0n) is 21.7. The quantitative estimate of drug-likeness (QED) is 0.544. The summed E-state index contributed by atoms with van der Waals surface area (Å²) >= 11 is 12.5. The van der Waals surface area contributed by atoms with Crippen LogP contribution in [0.25, 0.3) is 0 Å². The van der Waals surface area contributed by atoms with E-state index in [4.69, 9.17) is 37.4 Å². The molecule has 3 amide bonds. The minimum Gasteiger partial charge on any atom is -0.497 e. The van der Waals surface area contributed by atoms with Crippen LogP contribution in [0, 0.1) is 0 Å². The minimum absolute atomic E-state index is 0.179. The van der Waals surface area contributed by atoms with Crippen molar-refractivity contribution in [3.63, 3.8) is 0 Å². The molecule has 1 N–H and O–H groups in total. The number of halogens is 2. The van der Waals surface area contributed by atoms with Gasteiger partial charge < -0.3 is 29.3 Å². The smallest absolute Gasteiger partial charge is 0.410 e. The van der Waals surface area contributed by atoms with Gasteiger partial charge in [0.2, 0.25) is 5.91 Å². The molecular formula is C27H31Cl2N3O6. The second-order valence-electron chi connectivity index (χ2n) is 10.3. The molecule has 2 aliphatic heterocycles. The first kappa shape index (κ1) is 28.0. The highest BCUT2D eigenvalue weighted by Gasteiger charge is 2.49. The van der Waals surface area contributed by atoms with Gasteiger partial charge in [-0.05, 0) is 62.7 Å². The number of ether oxygens (including phenoxy) is 3. The van der Waals surface area contributed by atoms with Gasteiger partial charge in [0.15, 0.2) is 0 Å². The van der Waals surface area contributed by atoms with Crippen molar-refractivity contribution in [1.29, 1.82) is 0 Å². The van der Waals surface area contributed by atoms with Crippen molar-refractivity contribution in [2.75, 3.05) is 25.5 Å². The number of likely N-dealkylation sites (tertiary alicyclic amines) is 1. The van der Waals surface area contributed by atoms with Crippen LogP contribution in [0.1, 0.15) is 32.8 Å². The van der Waals surface area contributed by atoms with Gasteiger partial charge in [-0.25, -0.2) is 4.79 Å². The third kappa shape index (κ3) is 6.70. The summed E-state index contributed by atoms with van der Waals surface area (Å²) in [5.41, 5.74) is 0.598. The van der Waals surface area contributed by atoms with E-state index < -0.39 is 29.9 Å². The number of benzene rings is 2. The van der Waals surface area contributed by atoms with Crippen LogP contribution in [0.4, 0.5) is 10.5 Å². The highest BCUT2D eigenvalue weighted by atomic mass is 35.5. The van der Waals surface area contributed by atoms with Gasteiger partial charge in [0, 0.05) is 28.8 Å². The van der Waals surface area contributed by atoms with E-state index in [-0.39, 0.29) is 37.9 Å². The maximum Gasteiger partial charge on any atom is 0.410 e. The molecule has 0 aromatic heterocycles. The molecular weight excluding hydrogens is 533 g/mol. The molecule has 11 heteroatoms. The lowest BCUT2D eigenvalue weighted by Crippen LogP contribution is -2.58. The molecule has 2 aliphatic rings. The number of rotatable bonds is 6. The van der Waals surface area contributed by atoms with Gasteiger partial charge in [0.25, 0.3) is 5.91 Å². The molecule has 3 unspecified atom stereocenters. The summed E-state index contributed by atoms with van der Waals surface area (Å²) < 4.78 is 16.8. The van der Waals surface area contributed by atoms with Crippen LogP contribution in [0.3, 0.4) is 0 Å². The van der Waals surface area contributed by atoms with Crippen LogP contribution in [0.5, 0.6) is 5.75 Å². The number of fused-ring (bicyclic) bond motifs is 1. The molecule has 2 aromatic carbocycles. The standard InChI is InChI=1S/C27H31Cl2N3O6/c1-27(2,3)38-26(35)31-14-21-23(15-31)37-22(12-24(33)30-18-7-9-19(36-4)10-8-18)25(34)32(21)13-16-5-6-17(28)11-20(16)29/h5-11,21-23H,12-15H2,1-4H3,(H,30,33).